The number of hydrogen-bond donors (Lipinski definition) is 1. The fraction of sp³-hybridized carbons (Fsp3) is 1.00. The number of hydrogen-bond acceptors (Lipinski definition) is 9. The number of ether oxygens (including phenoxy) is 8. The van der Waals surface area contributed by atoms with Crippen molar-refractivity contribution in [1.29, 1.82) is 0 Å². The second-order valence-corrected chi connectivity index (χ2v) is 5.73. The zero-order chi connectivity index (χ0) is 19.0. The zero-order valence-corrected chi connectivity index (χ0v) is 18.1. The van der Waals surface area contributed by atoms with E-state index in [9.17, 15) is 0 Å². The summed E-state index contributed by atoms with van der Waals surface area (Å²) < 4.78 is 44.1. The van der Waals surface area contributed by atoms with E-state index in [2.05, 4.69) is 0 Å². The van der Waals surface area contributed by atoms with Gasteiger partial charge in [0.05, 0.1) is 66.1 Å². The van der Waals surface area contributed by atoms with Gasteiger partial charge in [0.1, 0.15) is 24.4 Å². The molecule has 165 valence electrons. The molecule has 4 unspecified atom stereocenters. The molecule has 1 rings (SSSR count). The van der Waals surface area contributed by atoms with Crippen LogP contribution in [0.3, 0.4) is 0 Å². The predicted molar refractivity (Wildman–Crippen MR) is 92.5 cm³/mol. The quantitative estimate of drug-likeness (QED) is 0.216. The standard InChI is InChI=1S/C17H34O9.Rh/c1-19-6-9-22-12-14(24-10-7-20-2)17-16(25-11-8-21-3)15(13-26-17)23-5-4-18;/h14-18H,4-13H2,1-3H3;. The minimum Gasteiger partial charge on any atom is -0.394 e. The predicted octanol–water partition coefficient (Wildman–Crippen LogP) is -0.514. The third kappa shape index (κ3) is 11.1. The minimum atomic E-state index is -0.352. The van der Waals surface area contributed by atoms with Crippen LogP contribution < -0.4 is 0 Å². The van der Waals surface area contributed by atoms with E-state index in [0.717, 1.165) is 0 Å². The molecule has 0 aromatic carbocycles. The Morgan fingerprint density at radius 1 is 0.889 bits per heavy atom. The van der Waals surface area contributed by atoms with Crippen LogP contribution in [0.4, 0.5) is 0 Å². The van der Waals surface area contributed by atoms with Crippen molar-refractivity contribution in [1.82, 2.24) is 0 Å². The van der Waals surface area contributed by atoms with E-state index < -0.39 is 0 Å². The van der Waals surface area contributed by atoms with E-state index in [1.54, 1.807) is 21.3 Å². The minimum absolute atomic E-state index is 0. The topological polar surface area (TPSA) is 94.1 Å². The van der Waals surface area contributed by atoms with Gasteiger partial charge in [-0.15, -0.1) is 0 Å². The van der Waals surface area contributed by atoms with Crippen molar-refractivity contribution in [3.05, 3.63) is 0 Å². The maximum atomic E-state index is 9.01. The Labute approximate surface area is 174 Å². The van der Waals surface area contributed by atoms with E-state index in [-0.39, 0.29) is 57.1 Å². The molecule has 0 amide bonds. The first-order chi connectivity index (χ1) is 12.8. The smallest absolute Gasteiger partial charge is 0.115 e. The van der Waals surface area contributed by atoms with Crippen LogP contribution >= 0.6 is 0 Å². The molecule has 27 heavy (non-hydrogen) atoms. The molecule has 0 saturated carbocycles. The number of aliphatic hydroxyl groups excluding tert-OH is 1. The maximum Gasteiger partial charge on any atom is 0.115 e. The molecule has 0 aromatic rings. The summed E-state index contributed by atoms with van der Waals surface area (Å²) in [5, 5.41) is 9.01. The Balaban J connectivity index is 0.00000676. The van der Waals surface area contributed by atoms with Gasteiger partial charge in [-0.25, -0.2) is 0 Å². The van der Waals surface area contributed by atoms with Crippen LogP contribution in [-0.4, -0.2) is 117 Å². The van der Waals surface area contributed by atoms with Crippen LogP contribution in [0, 0.1) is 0 Å². The van der Waals surface area contributed by atoms with Crippen molar-refractivity contribution < 1.29 is 62.5 Å². The SMILES string of the molecule is COCCOCC(OCCOC)C1OCC(OCCO)C1OCCOC.[Rh]. The molecule has 1 saturated heterocycles. The molecule has 10 heteroatoms. The van der Waals surface area contributed by atoms with Crippen LogP contribution in [0.25, 0.3) is 0 Å². The van der Waals surface area contributed by atoms with Crippen LogP contribution in [0.15, 0.2) is 0 Å². The van der Waals surface area contributed by atoms with Gasteiger partial charge in [0.15, 0.2) is 0 Å². The molecule has 1 radical (unpaired) electrons. The monoisotopic (exact) mass is 485 g/mol. The summed E-state index contributed by atoms with van der Waals surface area (Å²) >= 11 is 0. The molecule has 0 bridgehead atoms. The third-order valence-electron chi connectivity index (χ3n) is 3.86. The van der Waals surface area contributed by atoms with Gasteiger partial charge in [-0.2, -0.15) is 0 Å². The van der Waals surface area contributed by atoms with E-state index in [4.69, 9.17) is 43.0 Å². The van der Waals surface area contributed by atoms with Crippen LogP contribution in [0.5, 0.6) is 0 Å². The maximum absolute atomic E-state index is 9.01. The fourth-order valence-corrected chi connectivity index (χ4v) is 2.61. The van der Waals surface area contributed by atoms with Crippen molar-refractivity contribution >= 4 is 0 Å². The molecule has 1 N–H and O–H groups in total. The Morgan fingerprint density at radius 2 is 1.56 bits per heavy atom. The Bertz CT molecular complexity index is 325. The van der Waals surface area contributed by atoms with Gasteiger partial charge in [0.25, 0.3) is 0 Å². The number of rotatable bonds is 17. The molecule has 0 spiro atoms. The molecule has 1 fully saturated rings. The van der Waals surface area contributed by atoms with E-state index >= 15 is 0 Å². The molecule has 0 aliphatic carbocycles. The normalized spacial score (nSPS) is 23.3. The summed E-state index contributed by atoms with van der Waals surface area (Å²) in [6.07, 6.45) is -1.31. The summed E-state index contributed by atoms with van der Waals surface area (Å²) in [6.45, 7) is 3.62. The molecular weight excluding hydrogens is 451 g/mol. The van der Waals surface area contributed by atoms with Crippen LogP contribution in [0.2, 0.25) is 0 Å². The first kappa shape index (κ1) is 27.3. The molecule has 1 aliphatic heterocycles. The summed E-state index contributed by atoms with van der Waals surface area (Å²) in [6, 6.07) is 0. The van der Waals surface area contributed by atoms with Crippen molar-refractivity contribution in [2.75, 3.05) is 87.4 Å². The first-order valence-electron chi connectivity index (χ1n) is 8.90. The van der Waals surface area contributed by atoms with Crippen molar-refractivity contribution in [2.45, 2.75) is 24.4 Å². The van der Waals surface area contributed by atoms with E-state index in [1.807, 2.05) is 0 Å². The second kappa shape index (κ2) is 18.3. The molecule has 4 atom stereocenters. The number of methoxy groups -OCH3 is 3. The van der Waals surface area contributed by atoms with Gasteiger partial charge in [-0.3, -0.25) is 0 Å². The molecular formula is C17H34O9Rh. The van der Waals surface area contributed by atoms with Crippen LogP contribution in [-0.2, 0) is 57.4 Å². The van der Waals surface area contributed by atoms with Gasteiger partial charge in [0.2, 0.25) is 0 Å². The second-order valence-electron chi connectivity index (χ2n) is 5.73. The fourth-order valence-electron chi connectivity index (χ4n) is 2.61. The summed E-state index contributed by atoms with van der Waals surface area (Å²) in [7, 11) is 4.86. The Morgan fingerprint density at radius 3 is 2.22 bits per heavy atom. The van der Waals surface area contributed by atoms with E-state index in [0.29, 0.717) is 52.9 Å². The van der Waals surface area contributed by atoms with Gasteiger partial charge in [0, 0.05) is 40.8 Å². The summed E-state index contributed by atoms with van der Waals surface area (Å²) in [5.74, 6) is 0. The van der Waals surface area contributed by atoms with Crippen molar-refractivity contribution in [2.24, 2.45) is 0 Å². The first-order valence-corrected chi connectivity index (χ1v) is 8.90. The van der Waals surface area contributed by atoms with Gasteiger partial charge < -0.3 is 43.0 Å². The molecule has 1 aliphatic rings. The largest absolute Gasteiger partial charge is 0.394 e. The summed E-state index contributed by atoms with van der Waals surface area (Å²) in [4.78, 5) is 0. The van der Waals surface area contributed by atoms with Gasteiger partial charge in [-0.1, -0.05) is 0 Å². The third-order valence-corrected chi connectivity index (χ3v) is 3.86. The number of aliphatic hydroxyl groups is 1. The van der Waals surface area contributed by atoms with E-state index in [1.165, 1.54) is 0 Å². The molecule has 1 heterocycles. The van der Waals surface area contributed by atoms with Crippen molar-refractivity contribution in [3.8, 4) is 0 Å². The Hall–Kier alpha value is 0.263. The van der Waals surface area contributed by atoms with Crippen LogP contribution in [0.1, 0.15) is 0 Å². The van der Waals surface area contributed by atoms with Gasteiger partial charge >= 0.3 is 0 Å². The average Bonchev–Trinajstić information content (AvgIpc) is 3.05. The van der Waals surface area contributed by atoms with Gasteiger partial charge in [-0.05, 0) is 0 Å². The summed E-state index contributed by atoms with van der Waals surface area (Å²) in [5.41, 5.74) is 0. The molecule has 9 nitrogen and oxygen atoms in total. The average molecular weight is 485 g/mol. The Kier molecular flexibility index (Phi) is 18.5. The zero-order valence-electron chi connectivity index (χ0n) is 16.4. The van der Waals surface area contributed by atoms with Crippen molar-refractivity contribution in [3.63, 3.8) is 0 Å². The molecule has 0 aromatic heterocycles.